The third kappa shape index (κ3) is 3.99. The topological polar surface area (TPSA) is 67.4 Å². The number of hydrogen-bond acceptors (Lipinski definition) is 3. The van der Waals surface area contributed by atoms with Crippen molar-refractivity contribution in [2.45, 2.75) is 12.8 Å². The summed E-state index contributed by atoms with van der Waals surface area (Å²) >= 11 is 11.9. The predicted molar refractivity (Wildman–Crippen MR) is 94.0 cm³/mol. The Morgan fingerprint density at radius 2 is 2.04 bits per heavy atom. The highest BCUT2D eigenvalue weighted by atomic mass is 35.5. The van der Waals surface area contributed by atoms with E-state index in [1.165, 1.54) is 0 Å². The molecule has 0 aliphatic carbocycles. The molecule has 7 heteroatoms. The van der Waals surface area contributed by atoms with Crippen LogP contribution < -0.4 is 15.4 Å². The number of carbonyl (C=O) groups is 2. The lowest BCUT2D eigenvalue weighted by atomic mass is 10.1. The largest absolute Gasteiger partial charge is 0.482 e. The zero-order valence-electron chi connectivity index (χ0n) is 12.6. The van der Waals surface area contributed by atoms with Gasteiger partial charge in [-0.3, -0.25) is 9.59 Å². The zero-order valence-corrected chi connectivity index (χ0v) is 14.1. The first-order valence-electron chi connectivity index (χ1n) is 7.32. The van der Waals surface area contributed by atoms with Crippen molar-refractivity contribution in [3.8, 4) is 5.75 Å². The van der Waals surface area contributed by atoms with Crippen LogP contribution in [0.1, 0.15) is 12.0 Å². The Kier molecular flexibility index (Phi) is 4.92. The van der Waals surface area contributed by atoms with Crippen LogP contribution in [0.3, 0.4) is 0 Å². The fraction of sp³-hybridized carbons (Fsp3) is 0.176. The number of anilines is 2. The van der Waals surface area contributed by atoms with Gasteiger partial charge in [0.15, 0.2) is 6.61 Å². The van der Waals surface area contributed by atoms with Crippen molar-refractivity contribution in [3.63, 3.8) is 0 Å². The summed E-state index contributed by atoms with van der Waals surface area (Å²) in [5.41, 5.74) is 2.08. The molecule has 5 nitrogen and oxygen atoms in total. The average molecular weight is 365 g/mol. The summed E-state index contributed by atoms with van der Waals surface area (Å²) < 4.78 is 5.30. The SMILES string of the molecule is O=C(CCc1ccc2c(c1)NC(=O)CO2)Nc1ccc(Cl)cc1Cl. The standard InChI is InChI=1S/C17H14Cl2N2O3/c18-11-3-4-13(12(19)8-11)20-16(22)6-2-10-1-5-15-14(7-10)21-17(23)9-24-15/h1,3-5,7-8H,2,6,9H2,(H,20,22)(H,21,23). The van der Waals surface area contributed by atoms with Gasteiger partial charge in [0.05, 0.1) is 16.4 Å². The van der Waals surface area contributed by atoms with Gasteiger partial charge < -0.3 is 15.4 Å². The zero-order chi connectivity index (χ0) is 17.1. The molecule has 0 fully saturated rings. The molecule has 24 heavy (non-hydrogen) atoms. The van der Waals surface area contributed by atoms with E-state index in [1.54, 1.807) is 24.3 Å². The summed E-state index contributed by atoms with van der Waals surface area (Å²) in [4.78, 5) is 23.4. The molecule has 2 amide bonds. The fourth-order valence-corrected chi connectivity index (χ4v) is 2.80. The highest BCUT2D eigenvalue weighted by molar-refractivity contribution is 6.36. The van der Waals surface area contributed by atoms with Crippen LogP contribution in [-0.4, -0.2) is 18.4 Å². The molecule has 0 saturated carbocycles. The van der Waals surface area contributed by atoms with Crippen LogP contribution in [0.2, 0.25) is 10.0 Å². The van der Waals surface area contributed by atoms with E-state index in [0.29, 0.717) is 33.6 Å². The van der Waals surface area contributed by atoms with Crippen LogP contribution in [-0.2, 0) is 16.0 Å². The van der Waals surface area contributed by atoms with Crippen molar-refractivity contribution in [3.05, 3.63) is 52.0 Å². The summed E-state index contributed by atoms with van der Waals surface area (Å²) in [5.74, 6) is 0.294. The molecule has 2 N–H and O–H groups in total. The van der Waals surface area contributed by atoms with Crippen LogP contribution in [0, 0.1) is 0 Å². The van der Waals surface area contributed by atoms with E-state index < -0.39 is 0 Å². The van der Waals surface area contributed by atoms with Gasteiger partial charge in [0.2, 0.25) is 5.91 Å². The second-order valence-corrected chi connectivity index (χ2v) is 6.18. The summed E-state index contributed by atoms with van der Waals surface area (Å²) in [6.07, 6.45) is 0.812. The van der Waals surface area contributed by atoms with Crippen molar-refractivity contribution in [2.75, 3.05) is 17.2 Å². The van der Waals surface area contributed by atoms with Crippen molar-refractivity contribution >= 4 is 46.4 Å². The van der Waals surface area contributed by atoms with Crippen LogP contribution in [0.5, 0.6) is 5.75 Å². The van der Waals surface area contributed by atoms with E-state index in [-0.39, 0.29) is 24.8 Å². The molecule has 0 aromatic heterocycles. The predicted octanol–water partition coefficient (Wildman–Crippen LogP) is 3.90. The number of ether oxygens (including phenoxy) is 1. The van der Waals surface area contributed by atoms with Gasteiger partial charge in [-0.05, 0) is 42.3 Å². The molecule has 0 radical (unpaired) electrons. The minimum Gasteiger partial charge on any atom is -0.482 e. The Balaban J connectivity index is 1.60. The molecule has 0 spiro atoms. The molecule has 0 bridgehead atoms. The number of fused-ring (bicyclic) bond motifs is 1. The lowest BCUT2D eigenvalue weighted by Gasteiger charge is -2.18. The normalized spacial score (nSPS) is 12.8. The van der Waals surface area contributed by atoms with Crippen LogP contribution in [0.25, 0.3) is 0 Å². The quantitative estimate of drug-likeness (QED) is 0.864. The van der Waals surface area contributed by atoms with Gasteiger partial charge in [0.1, 0.15) is 5.75 Å². The number of amides is 2. The maximum atomic E-state index is 12.1. The number of nitrogens with one attached hydrogen (secondary N) is 2. The summed E-state index contributed by atoms with van der Waals surface area (Å²) in [6.45, 7) is 0.0244. The fourth-order valence-electron chi connectivity index (χ4n) is 2.35. The third-order valence-electron chi connectivity index (χ3n) is 3.52. The molecular formula is C17H14Cl2N2O3. The summed E-state index contributed by atoms with van der Waals surface area (Å²) in [6, 6.07) is 10.4. The molecule has 1 aliphatic rings. The molecule has 0 atom stereocenters. The number of benzene rings is 2. The smallest absolute Gasteiger partial charge is 0.262 e. The molecule has 2 aromatic carbocycles. The van der Waals surface area contributed by atoms with Crippen LogP contribution >= 0.6 is 23.2 Å². The van der Waals surface area contributed by atoms with Crippen molar-refractivity contribution in [1.29, 1.82) is 0 Å². The minimum absolute atomic E-state index is 0.0244. The van der Waals surface area contributed by atoms with Crippen LogP contribution in [0.15, 0.2) is 36.4 Å². The molecular weight excluding hydrogens is 351 g/mol. The maximum Gasteiger partial charge on any atom is 0.262 e. The van der Waals surface area contributed by atoms with Gasteiger partial charge in [0, 0.05) is 11.4 Å². The highest BCUT2D eigenvalue weighted by Gasteiger charge is 2.16. The number of carbonyl (C=O) groups excluding carboxylic acids is 2. The lowest BCUT2D eigenvalue weighted by Crippen LogP contribution is -2.25. The summed E-state index contributed by atoms with van der Waals surface area (Å²) in [7, 11) is 0. The Labute approximate surface area is 148 Å². The molecule has 2 aromatic rings. The molecule has 1 aliphatic heterocycles. The molecule has 3 rings (SSSR count). The first-order chi connectivity index (χ1) is 11.5. The van der Waals surface area contributed by atoms with E-state index in [0.717, 1.165) is 5.56 Å². The number of hydrogen-bond donors (Lipinski definition) is 2. The summed E-state index contributed by atoms with van der Waals surface area (Å²) in [5, 5.41) is 6.40. The van der Waals surface area contributed by atoms with E-state index in [2.05, 4.69) is 10.6 Å². The van der Waals surface area contributed by atoms with Crippen molar-refractivity contribution in [1.82, 2.24) is 0 Å². The molecule has 1 heterocycles. The van der Waals surface area contributed by atoms with Gasteiger partial charge in [0.25, 0.3) is 5.91 Å². The Morgan fingerprint density at radius 1 is 1.21 bits per heavy atom. The van der Waals surface area contributed by atoms with Gasteiger partial charge in [-0.25, -0.2) is 0 Å². The lowest BCUT2D eigenvalue weighted by molar-refractivity contribution is -0.118. The van der Waals surface area contributed by atoms with Crippen molar-refractivity contribution < 1.29 is 14.3 Å². The molecule has 124 valence electrons. The van der Waals surface area contributed by atoms with E-state index in [9.17, 15) is 9.59 Å². The second-order valence-electron chi connectivity index (χ2n) is 5.34. The monoisotopic (exact) mass is 364 g/mol. The van der Waals surface area contributed by atoms with Crippen molar-refractivity contribution in [2.24, 2.45) is 0 Å². The van der Waals surface area contributed by atoms with Gasteiger partial charge in [-0.15, -0.1) is 0 Å². The first kappa shape index (κ1) is 16.6. The van der Waals surface area contributed by atoms with Gasteiger partial charge in [-0.1, -0.05) is 29.3 Å². The van der Waals surface area contributed by atoms with E-state index >= 15 is 0 Å². The third-order valence-corrected chi connectivity index (χ3v) is 4.07. The minimum atomic E-state index is -0.185. The van der Waals surface area contributed by atoms with Crippen LogP contribution in [0.4, 0.5) is 11.4 Å². The Morgan fingerprint density at radius 3 is 2.83 bits per heavy atom. The second kappa shape index (κ2) is 7.11. The Bertz CT molecular complexity index is 808. The van der Waals surface area contributed by atoms with E-state index in [1.807, 2.05) is 12.1 Å². The number of rotatable bonds is 4. The van der Waals surface area contributed by atoms with E-state index in [4.69, 9.17) is 27.9 Å². The maximum absolute atomic E-state index is 12.1. The van der Waals surface area contributed by atoms with Gasteiger partial charge in [-0.2, -0.15) is 0 Å². The number of aryl methyl sites for hydroxylation is 1. The molecule has 0 saturated heterocycles. The van der Waals surface area contributed by atoms with Gasteiger partial charge >= 0.3 is 0 Å². The molecule has 0 unspecified atom stereocenters. The average Bonchev–Trinajstić information content (AvgIpc) is 2.55. The Hall–Kier alpha value is -2.24. The highest BCUT2D eigenvalue weighted by Crippen LogP contribution is 2.29. The first-order valence-corrected chi connectivity index (χ1v) is 8.07. The number of halogens is 2.